The lowest BCUT2D eigenvalue weighted by Gasteiger charge is -2.38. The van der Waals surface area contributed by atoms with Crippen LogP contribution >= 0.6 is 0 Å². The number of carbonyl (C=O) groups is 1. The molecular formula is C15H27N5O. The maximum atomic E-state index is 12.6. The first-order valence-electron chi connectivity index (χ1n) is 7.78. The first-order valence-corrected chi connectivity index (χ1v) is 7.78. The second kappa shape index (κ2) is 6.47. The summed E-state index contributed by atoms with van der Waals surface area (Å²) in [6.07, 6.45) is 3.74. The van der Waals surface area contributed by atoms with Gasteiger partial charge in [0.15, 0.2) is 5.69 Å². The van der Waals surface area contributed by atoms with E-state index < -0.39 is 0 Å². The maximum Gasteiger partial charge on any atom is 0.276 e. The molecule has 0 saturated carbocycles. The highest BCUT2D eigenvalue weighted by Gasteiger charge is 2.28. The van der Waals surface area contributed by atoms with Gasteiger partial charge in [0.2, 0.25) is 0 Å². The van der Waals surface area contributed by atoms with Crippen LogP contribution in [0.2, 0.25) is 0 Å². The van der Waals surface area contributed by atoms with Crippen LogP contribution in [0.15, 0.2) is 6.20 Å². The van der Waals surface area contributed by atoms with Crippen LogP contribution in [-0.4, -0.2) is 57.7 Å². The Balaban J connectivity index is 2.01. The molecular weight excluding hydrogens is 266 g/mol. The van der Waals surface area contributed by atoms with Crippen LogP contribution in [0.1, 0.15) is 44.1 Å². The van der Waals surface area contributed by atoms with E-state index in [0.29, 0.717) is 24.0 Å². The van der Waals surface area contributed by atoms with Crippen LogP contribution in [0, 0.1) is 0 Å². The number of nitrogens with zero attached hydrogens (tertiary/aromatic N) is 4. The zero-order valence-corrected chi connectivity index (χ0v) is 13.5. The van der Waals surface area contributed by atoms with Gasteiger partial charge in [-0.05, 0) is 33.6 Å². The third kappa shape index (κ3) is 3.37. The minimum Gasteiger partial charge on any atom is -0.396 e. The van der Waals surface area contributed by atoms with E-state index in [-0.39, 0.29) is 11.9 Å². The molecule has 1 saturated heterocycles. The molecule has 1 aliphatic rings. The Bertz CT molecular complexity index is 488. The van der Waals surface area contributed by atoms with Gasteiger partial charge in [0, 0.05) is 45.0 Å². The van der Waals surface area contributed by atoms with Crippen molar-refractivity contribution in [2.45, 2.75) is 52.2 Å². The Kier molecular flexibility index (Phi) is 4.88. The third-order valence-corrected chi connectivity index (χ3v) is 4.41. The Morgan fingerprint density at radius 1 is 1.48 bits per heavy atom. The van der Waals surface area contributed by atoms with Crippen molar-refractivity contribution < 1.29 is 4.79 Å². The molecule has 1 aromatic heterocycles. The predicted molar refractivity (Wildman–Crippen MR) is 84.1 cm³/mol. The zero-order chi connectivity index (χ0) is 15.6. The average Bonchev–Trinajstić information content (AvgIpc) is 2.87. The van der Waals surface area contributed by atoms with Crippen LogP contribution in [0.4, 0.5) is 5.69 Å². The lowest BCUT2D eigenvalue weighted by Crippen LogP contribution is -2.47. The van der Waals surface area contributed by atoms with Gasteiger partial charge in [-0.2, -0.15) is 5.10 Å². The molecule has 0 bridgehead atoms. The van der Waals surface area contributed by atoms with E-state index in [1.165, 1.54) is 0 Å². The molecule has 118 valence electrons. The van der Waals surface area contributed by atoms with Crippen molar-refractivity contribution in [3.8, 4) is 0 Å². The molecule has 1 aliphatic heterocycles. The number of aryl methyl sites for hydroxylation is 1. The fraction of sp³-hybridized carbons (Fsp3) is 0.733. The van der Waals surface area contributed by atoms with Gasteiger partial charge >= 0.3 is 0 Å². The van der Waals surface area contributed by atoms with Crippen molar-refractivity contribution in [2.24, 2.45) is 0 Å². The van der Waals surface area contributed by atoms with Gasteiger partial charge < -0.3 is 15.5 Å². The van der Waals surface area contributed by atoms with E-state index in [2.05, 4.69) is 23.8 Å². The molecule has 0 radical (unpaired) electrons. The second-order valence-electron chi connectivity index (χ2n) is 6.07. The highest BCUT2D eigenvalue weighted by molar-refractivity contribution is 5.97. The normalized spacial score (nSPS) is 17.4. The molecule has 0 atom stereocenters. The van der Waals surface area contributed by atoms with Crippen LogP contribution in [-0.2, 0) is 6.54 Å². The lowest BCUT2D eigenvalue weighted by atomic mass is 10.0. The molecule has 2 heterocycles. The summed E-state index contributed by atoms with van der Waals surface area (Å²) in [6, 6.07) is 0.849. The molecule has 2 rings (SSSR count). The molecule has 0 spiro atoms. The molecule has 2 N–H and O–H groups in total. The van der Waals surface area contributed by atoms with Gasteiger partial charge in [-0.15, -0.1) is 0 Å². The molecule has 1 aromatic rings. The Morgan fingerprint density at radius 2 is 2.10 bits per heavy atom. The molecule has 0 aromatic carbocycles. The topological polar surface area (TPSA) is 67.4 Å². The highest BCUT2D eigenvalue weighted by atomic mass is 16.2. The summed E-state index contributed by atoms with van der Waals surface area (Å²) < 4.78 is 1.71. The zero-order valence-electron chi connectivity index (χ0n) is 13.5. The number of piperidine rings is 1. The summed E-state index contributed by atoms with van der Waals surface area (Å²) in [5, 5.41) is 4.28. The van der Waals surface area contributed by atoms with Crippen molar-refractivity contribution in [1.29, 1.82) is 0 Å². The van der Waals surface area contributed by atoms with E-state index in [9.17, 15) is 4.79 Å². The first kappa shape index (κ1) is 15.8. The van der Waals surface area contributed by atoms with E-state index in [1.807, 2.05) is 18.9 Å². The largest absolute Gasteiger partial charge is 0.396 e. The third-order valence-electron chi connectivity index (χ3n) is 4.41. The number of hydrogen-bond donors (Lipinski definition) is 1. The SMILES string of the molecule is CCn1cc(N)c(C(=O)N(C)C2CCN(C(C)C)CC2)n1. The van der Waals surface area contributed by atoms with Crippen molar-refractivity contribution in [2.75, 3.05) is 25.9 Å². The summed E-state index contributed by atoms with van der Waals surface area (Å²) in [4.78, 5) is 16.8. The van der Waals surface area contributed by atoms with Crippen LogP contribution in [0.5, 0.6) is 0 Å². The summed E-state index contributed by atoms with van der Waals surface area (Å²) in [5.41, 5.74) is 6.75. The number of anilines is 1. The minimum absolute atomic E-state index is 0.0669. The number of likely N-dealkylation sites (tertiary alicyclic amines) is 1. The average molecular weight is 293 g/mol. The van der Waals surface area contributed by atoms with Crippen molar-refractivity contribution in [3.05, 3.63) is 11.9 Å². The van der Waals surface area contributed by atoms with Crippen molar-refractivity contribution >= 4 is 11.6 Å². The van der Waals surface area contributed by atoms with Crippen molar-refractivity contribution in [1.82, 2.24) is 19.6 Å². The van der Waals surface area contributed by atoms with Crippen LogP contribution in [0.3, 0.4) is 0 Å². The van der Waals surface area contributed by atoms with Crippen LogP contribution in [0.25, 0.3) is 0 Å². The van der Waals surface area contributed by atoms with Gasteiger partial charge in [-0.25, -0.2) is 0 Å². The molecule has 6 heteroatoms. The summed E-state index contributed by atoms with van der Waals surface area (Å²) >= 11 is 0. The summed E-state index contributed by atoms with van der Waals surface area (Å²) in [5.74, 6) is -0.0669. The minimum atomic E-state index is -0.0669. The number of aromatic nitrogens is 2. The summed E-state index contributed by atoms with van der Waals surface area (Å²) in [7, 11) is 1.86. The standard InChI is InChI=1S/C15H27N5O/c1-5-20-10-13(16)14(17-20)15(21)18(4)12-6-8-19(9-7-12)11(2)3/h10-12H,5-9,16H2,1-4H3. The fourth-order valence-electron chi connectivity index (χ4n) is 2.89. The van der Waals surface area contributed by atoms with Gasteiger partial charge in [-0.3, -0.25) is 9.48 Å². The van der Waals surface area contributed by atoms with Gasteiger partial charge in [0.1, 0.15) is 0 Å². The molecule has 1 amide bonds. The van der Waals surface area contributed by atoms with Gasteiger partial charge in [0.05, 0.1) is 5.69 Å². The summed E-state index contributed by atoms with van der Waals surface area (Å²) in [6.45, 7) is 9.21. The smallest absolute Gasteiger partial charge is 0.276 e. The van der Waals surface area contributed by atoms with E-state index >= 15 is 0 Å². The molecule has 6 nitrogen and oxygen atoms in total. The van der Waals surface area contributed by atoms with Gasteiger partial charge in [0.25, 0.3) is 5.91 Å². The van der Waals surface area contributed by atoms with Crippen molar-refractivity contribution in [3.63, 3.8) is 0 Å². The number of hydrogen-bond acceptors (Lipinski definition) is 4. The molecule has 0 unspecified atom stereocenters. The maximum absolute atomic E-state index is 12.6. The molecule has 1 fully saturated rings. The number of carbonyl (C=O) groups excluding carboxylic acids is 1. The lowest BCUT2D eigenvalue weighted by molar-refractivity contribution is 0.0610. The molecule has 0 aliphatic carbocycles. The number of amides is 1. The second-order valence-corrected chi connectivity index (χ2v) is 6.07. The Morgan fingerprint density at radius 3 is 2.57 bits per heavy atom. The highest BCUT2D eigenvalue weighted by Crippen LogP contribution is 2.20. The van der Waals surface area contributed by atoms with E-state index in [0.717, 1.165) is 25.9 Å². The van der Waals surface area contributed by atoms with Crippen LogP contribution < -0.4 is 5.73 Å². The number of nitrogens with two attached hydrogens (primary N) is 1. The van der Waals surface area contributed by atoms with Gasteiger partial charge in [-0.1, -0.05) is 0 Å². The number of nitrogen functional groups attached to an aromatic ring is 1. The van der Waals surface area contributed by atoms with E-state index in [4.69, 9.17) is 5.73 Å². The van der Waals surface area contributed by atoms with E-state index in [1.54, 1.807) is 10.9 Å². The fourth-order valence-corrected chi connectivity index (χ4v) is 2.89. The first-order chi connectivity index (χ1) is 9.93. The quantitative estimate of drug-likeness (QED) is 0.912. The Labute approximate surface area is 126 Å². The Hall–Kier alpha value is -1.56. The molecule has 21 heavy (non-hydrogen) atoms. The number of rotatable bonds is 4. The predicted octanol–water partition coefficient (Wildman–Crippen LogP) is 1.43. The monoisotopic (exact) mass is 293 g/mol.